The molecule has 1 fully saturated rings. The lowest BCUT2D eigenvalue weighted by molar-refractivity contribution is 0.0628. The van der Waals surface area contributed by atoms with Crippen molar-refractivity contribution >= 4 is 5.91 Å². The van der Waals surface area contributed by atoms with Gasteiger partial charge in [-0.15, -0.1) is 0 Å². The number of nitrogens with zero attached hydrogens (tertiary/aromatic N) is 2. The highest BCUT2D eigenvalue weighted by molar-refractivity contribution is 5.94. The van der Waals surface area contributed by atoms with E-state index in [-0.39, 0.29) is 5.91 Å². The summed E-state index contributed by atoms with van der Waals surface area (Å²) < 4.78 is 11.1. The lowest BCUT2D eigenvalue weighted by atomic mass is 10.1. The Morgan fingerprint density at radius 2 is 1.52 bits per heavy atom. The van der Waals surface area contributed by atoms with Gasteiger partial charge in [-0.05, 0) is 41.0 Å². The van der Waals surface area contributed by atoms with E-state index in [1.807, 2.05) is 23.1 Å². The van der Waals surface area contributed by atoms with E-state index in [4.69, 9.17) is 9.47 Å². The lowest BCUT2D eigenvalue weighted by Crippen LogP contribution is -2.48. The number of benzene rings is 2. The summed E-state index contributed by atoms with van der Waals surface area (Å²) in [5.41, 5.74) is 4.59. The van der Waals surface area contributed by atoms with Gasteiger partial charge in [0.15, 0.2) is 0 Å². The minimum absolute atomic E-state index is 0.138. The van der Waals surface area contributed by atoms with Crippen LogP contribution in [0.25, 0.3) is 0 Å². The van der Waals surface area contributed by atoms with Gasteiger partial charge in [0.25, 0.3) is 5.91 Å². The van der Waals surface area contributed by atoms with Crippen LogP contribution < -0.4 is 9.47 Å². The van der Waals surface area contributed by atoms with Crippen LogP contribution in [0.4, 0.5) is 0 Å². The van der Waals surface area contributed by atoms with Crippen LogP contribution in [0.3, 0.4) is 0 Å². The topological polar surface area (TPSA) is 42.0 Å². The van der Waals surface area contributed by atoms with Gasteiger partial charge in [0.1, 0.15) is 11.5 Å². The molecule has 27 heavy (non-hydrogen) atoms. The number of hydrogen-bond acceptors (Lipinski definition) is 4. The molecule has 5 nitrogen and oxygen atoms in total. The summed E-state index contributed by atoms with van der Waals surface area (Å²) in [5.74, 6) is 2.10. The fourth-order valence-electron chi connectivity index (χ4n) is 4.21. The Hall–Kier alpha value is -2.53. The number of amides is 1. The SMILES string of the molecule is O=C(c1ccc2c(c1)CCO2)N1CCN(Cc2ccc3c(c2)CCO3)CC1. The van der Waals surface area contributed by atoms with Crippen LogP contribution in [-0.2, 0) is 19.4 Å². The first-order chi connectivity index (χ1) is 13.3. The van der Waals surface area contributed by atoms with Gasteiger partial charge < -0.3 is 14.4 Å². The molecule has 1 amide bonds. The standard InChI is InChI=1S/C22H24N2O3/c25-22(19-2-4-21-18(14-19)6-12-27-21)24-9-7-23(8-10-24)15-16-1-3-20-17(13-16)5-11-26-20/h1-4,13-14H,5-12,15H2. The Kier molecular flexibility index (Phi) is 4.24. The van der Waals surface area contributed by atoms with Gasteiger partial charge >= 0.3 is 0 Å². The number of ether oxygens (including phenoxy) is 2. The van der Waals surface area contributed by atoms with Crippen LogP contribution in [0.15, 0.2) is 36.4 Å². The van der Waals surface area contributed by atoms with E-state index in [0.29, 0.717) is 0 Å². The summed E-state index contributed by atoms with van der Waals surface area (Å²) in [6.45, 7) is 5.84. The summed E-state index contributed by atoms with van der Waals surface area (Å²) in [7, 11) is 0. The number of hydrogen-bond donors (Lipinski definition) is 0. The van der Waals surface area contributed by atoms with Crippen molar-refractivity contribution in [2.75, 3.05) is 39.4 Å². The number of rotatable bonds is 3. The number of carbonyl (C=O) groups excluding carboxylic acids is 1. The molecule has 2 aromatic carbocycles. The maximum Gasteiger partial charge on any atom is 0.253 e. The fourth-order valence-corrected chi connectivity index (χ4v) is 4.21. The third-order valence-corrected chi connectivity index (χ3v) is 5.76. The smallest absolute Gasteiger partial charge is 0.253 e. The average molecular weight is 364 g/mol. The zero-order chi connectivity index (χ0) is 18.2. The second-order valence-electron chi connectivity index (χ2n) is 7.53. The van der Waals surface area contributed by atoms with E-state index in [1.165, 1.54) is 11.1 Å². The maximum absolute atomic E-state index is 12.8. The highest BCUT2D eigenvalue weighted by atomic mass is 16.5. The number of fused-ring (bicyclic) bond motifs is 2. The first-order valence-electron chi connectivity index (χ1n) is 9.78. The second-order valence-corrected chi connectivity index (χ2v) is 7.53. The van der Waals surface area contributed by atoms with Gasteiger partial charge in [0.2, 0.25) is 0 Å². The Bertz CT molecular complexity index is 872. The monoisotopic (exact) mass is 364 g/mol. The molecule has 1 saturated heterocycles. The van der Waals surface area contributed by atoms with E-state index < -0.39 is 0 Å². The molecule has 0 spiro atoms. The first kappa shape index (κ1) is 16.6. The van der Waals surface area contributed by atoms with E-state index in [9.17, 15) is 4.79 Å². The third kappa shape index (κ3) is 3.28. The van der Waals surface area contributed by atoms with Gasteiger partial charge in [-0.3, -0.25) is 9.69 Å². The molecule has 0 N–H and O–H groups in total. The van der Waals surface area contributed by atoms with Crippen molar-refractivity contribution in [3.8, 4) is 11.5 Å². The quantitative estimate of drug-likeness (QED) is 0.839. The van der Waals surface area contributed by atoms with E-state index in [2.05, 4.69) is 23.1 Å². The molecule has 0 saturated carbocycles. The summed E-state index contributed by atoms with van der Waals surface area (Å²) in [6.07, 6.45) is 1.91. The largest absolute Gasteiger partial charge is 0.493 e. The first-order valence-corrected chi connectivity index (χ1v) is 9.78. The van der Waals surface area contributed by atoms with Gasteiger partial charge in [0.05, 0.1) is 13.2 Å². The summed E-state index contributed by atoms with van der Waals surface area (Å²) in [4.78, 5) is 17.3. The molecule has 5 rings (SSSR count). The molecule has 2 aromatic rings. The zero-order valence-corrected chi connectivity index (χ0v) is 15.4. The van der Waals surface area contributed by atoms with Crippen LogP contribution in [0.2, 0.25) is 0 Å². The molecule has 3 aliphatic heterocycles. The molecule has 0 aliphatic carbocycles. The normalized spacial score (nSPS) is 18.6. The molecule has 0 bridgehead atoms. The van der Waals surface area contributed by atoms with Crippen molar-refractivity contribution in [3.05, 3.63) is 58.7 Å². The summed E-state index contributed by atoms with van der Waals surface area (Å²) in [5, 5.41) is 0. The third-order valence-electron chi connectivity index (χ3n) is 5.76. The lowest BCUT2D eigenvalue weighted by Gasteiger charge is -2.35. The molecule has 0 aromatic heterocycles. The van der Waals surface area contributed by atoms with Crippen molar-refractivity contribution in [2.24, 2.45) is 0 Å². The highest BCUT2D eigenvalue weighted by Gasteiger charge is 2.24. The Balaban J connectivity index is 1.19. The van der Waals surface area contributed by atoms with Crippen molar-refractivity contribution in [3.63, 3.8) is 0 Å². The molecule has 3 heterocycles. The molecule has 5 heteroatoms. The van der Waals surface area contributed by atoms with Crippen LogP contribution in [-0.4, -0.2) is 55.1 Å². The van der Waals surface area contributed by atoms with Crippen molar-refractivity contribution in [1.29, 1.82) is 0 Å². The predicted molar refractivity (Wildman–Crippen MR) is 102 cm³/mol. The predicted octanol–water partition coefficient (Wildman–Crippen LogP) is 2.51. The number of carbonyl (C=O) groups is 1. The van der Waals surface area contributed by atoms with E-state index >= 15 is 0 Å². The van der Waals surface area contributed by atoms with Gasteiger partial charge in [-0.1, -0.05) is 12.1 Å². The Morgan fingerprint density at radius 3 is 2.26 bits per heavy atom. The van der Waals surface area contributed by atoms with Crippen LogP contribution in [0.5, 0.6) is 11.5 Å². The molecular weight excluding hydrogens is 340 g/mol. The molecule has 0 unspecified atom stereocenters. The fraction of sp³-hybridized carbons (Fsp3) is 0.409. The minimum atomic E-state index is 0.138. The number of piperazine rings is 1. The van der Waals surface area contributed by atoms with Gasteiger partial charge in [-0.25, -0.2) is 0 Å². The minimum Gasteiger partial charge on any atom is -0.493 e. The van der Waals surface area contributed by atoms with Crippen molar-refractivity contribution in [2.45, 2.75) is 19.4 Å². The summed E-state index contributed by atoms with van der Waals surface area (Å²) >= 11 is 0. The van der Waals surface area contributed by atoms with Crippen molar-refractivity contribution in [1.82, 2.24) is 9.80 Å². The Morgan fingerprint density at radius 1 is 0.852 bits per heavy atom. The van der Waals surface area contributed by atoms with Gasteiger partial charge in [0, 0.05) is 51.1 Å². The van der Waals surface area contributed by atoms with E-state index in [1.54, 1.807) is 0 Å². The zero-order valence-electron chi connectivity index (χ0n) is 15.4. The van der Waals surface area contributed by atoms with E-state index in [0.717, 1.165) is 81.4 Å². The summed E-state index contributed by atoms with van der Waals surface area (Å²) in [6, 6.07) is 12.4. The second kappa shape index (κ2) is 6.89. The Labute approximate surface area is 159 Å². The molecular formula is C22H24N2O3. The average Bonchev–Trinajstić information content (AvgIpc) is 3.36. The maximum atomic E-state index is 12.8. The van der Waals surface area contributed by atoms with Crippen molar-refractivity contribution < 1.29 is 14.3 Å². The van der Waals surface area contributed by atoms with Crippen LogP contribution >= 0.6 is 0 Å². The molecule has 0 radical (unpaired) electrons. The van der Waals surface area contributed by atoms with Gasteiger partial charge in [-0.2, -0.15) is 0 Å². The molecule has 140 valence electrons. The molecule has 3 aliphatic rings. The van der Waals surface area contributed by atoms with Crippen LogP contribution in [0, 0.1) is 0 Å². The molecule has 0 atom stereocenters. The van der Waals surface area contributed by atoms with Crippen LogP contribution in [0.1, 0.15) is 27.0 Å². The highest BCUT2D eigenvalue weighted by Crippen LogP contribution is 2.28.